The maximum Gasteiger partial charge on any atom is 0.319 e. The number of oxazole rings is 1. The second-order valence-electron chi connectivity index (χ2n) is 3.19. The van der Waals surface area contributed by atoms with E-state index in [1.807, 2.05) is 31.3 Å². The topological polar surface area (TPSA) is 59.5 Å². The number of carbonyl (C=O) groups excluding carboxylic acids is 1. The van der Waals surface area contributed by atoms with Crippen LogP contribution >= 0.6 is 0 Å². The van der Waals surface area contributed by atoms with E-state index >= 15 is 0 Å². The first-order valence-corrected chi connectivity index (χ1v) is 4.53. The van der Waals surface area contributed by atoms with Gasteiger partial charge >= 0.3 is 5.68 Å². The summed E-state index contributed by atoms with van der Waals surface area (Å²) < 4.78 is 7.20. The van der Waals surface area contributed by atoms with Crippen LogP contribution in [0.2, 0.25) is 0 Å². The fourth-order valence-corrected chi connectivity index (χ4v) is 1.31. The number of amides is 1. The summed E-state index contributed by atoms with van der Waals surface area (Å²) in [4.78, 5) is 10.7. The van der Waals surface area contributed by atoms with Gasteiger partial charge in [-0.05, 0) is 12.1 Å². The van der Waals surface area contributed by atoms with E-state index in [2.05, 4.69) is 10.5 Å². The molecule has 0 atom stereocenters. The summed E-state index contributed by atoms with van der Waals surface area (Å²) in [7, 11) is 1.83. The Morgan fingerprint density at radius 1 is 1.47 bits per heavy atom. The monoisotopic (exact) mass is 205 g/mol. The SMILES string of the molecule is CC(=O)NN=c1oc2ccccc2n1C. The van der Waals surface area contributed by atoms with Gasteiger partial charge < -0.3 is 4.42 Å². The van der Waals surface area contributed by atoms with Crippen molar-refractivity contribution in [2.45, 2.75) is 6.92 Å². The Bertz CT molecular complexity index is 565. The van der Waals surface area contributed by atoms with Gasteiger partial charge in [0, 0.05) is 14.0 Å². The van der Waals surface area contributed by atoms with E-state index in [0.29, 0.717) is 5.68 Å². The zero-order chi connectivity index (χ0) is 10.8. The van der Waals surface area contributed by atoms with E-state index in [-0.39, 0.29) is 5.91 Å². The third-order valence-electron chi connectivity index (χ3n) is 2.02. The van der Waals surface area contributed by atoms with Crippen LogP contribution in [0.25, 0.3) is 11.1 Å². The number of aryl methyl sites for hydroxylation is 1. The van der Waals surface area contributed by atoms with Gasteiger partial charge in [-0.2, -0.15) is 0 Å². The molecule has 0 aliphatic heterocycles. The van der Waals surface area contributed by atoms with E-state index in [1.54, 1.807) is 4.57 Å². The molecular formula is C10H11N3O2. The highest BCUT2D eigenvalue weighted by Crippen LogP contribution is 2.09. The largest absolute Gasteiger partial charge is 0.422 e. The molecule has 5 heteroatoms. The zero-order valence-electron chi connectivity index (χ0n) is 8.52. The number of rotatable bonds is 1. The van der Waals surface area contributed by atoms with Gasteiger partial charge in [0.15, 0.2) is 5.58 Å². The lowest BCUT2D eigenvalue weighted by molar-refractivity contribution is -0.119. The molecule has 0 radical (unpaired) electrons. The third-order valence-corrected chi connectivity index (χ3v) is 2.02. The van der Waals surface area contributed by atoms with Crippen molar-refractivity contribution in [3.63, 3.8) is 0 Å². The summed E-state index contributed by atoms with van der Waals surface area (Å²) in [5.74, 6) is -0.226. The van der Waals surface area contributed by atoms with E-state index in [1.165, 1.54) is 6.92 Å². The van der Waals surface area contributed by atoms with Gasteiger partial charge in [0.2, 0.25) is 5.91 Å². The van der Waals surface area contributed by atoms with Crippen LogP contribution in [0.1, 0.15) is 6.92 Å². The molecule has 0 fully saturated rings. The van der Waals surface area contributed by atoms with Crippen LogP contribution in [-0.2, 0) is 11.8 Å². The number of nitrogens with zero attached hydrogens (tertiary/aromatic N) is 2. The van der Waals surface area contributed by atoms with E-state index in [0.717, 1.165) is 11.1 Å². The molecule has 0 saturated heterocycles. The summed E-state index contributed by atoms with van der Waals surface area (Å²) in [5.41, 5.74) is 4.37. The normalized spacial score (nSPS) is 12.0. The van der Waals surface area contributed by atoms with Crippen molar-refractivity contribution in [2.75, 3.05) is 0 Å². The molecule has 1 aromatic heterocycles. The summed E-state index contributed by atoms with van der Waals surface area (Å²) in [5, 5.41) is 3.84. The van der Waals surface area contributed by atoms with Gasteiger partial charge in [0.1, 0.15) is 0 Å². The van der Waals surface area contributed by atoms with Crippen molar-refractivity contribution in [3.05, 3.63) is 29.9 Å². The number of para-hydroxylation sites is 2. The number of benzene rings is 1. The van der Waals surface area contributed by atoms with Crippen molar-refractivity contribution in [1.29, 1.82) is 0 Å². The highest BCUT2D eigenvalue weighted by Gasteiger charge is 2.02. The van der Waals surface area contributed by atoms with Crippen molar-refractivity contribution < 1.29 is 9.21 Å². The Morgan fingerprint density at radius 3 is 2.87 bits per heavy atom. The molecule has 78 valence electrons. The van der Waals surface area contributed by atoms with Crippen LogP contribution in [0.4, 0.5) is 0 Å². The molecule has 0 unspecified atom stereocenters. The van der Waals surface area contributed by atoms with Gasteiger partial charge in [-0.3, -0.25) is 9.36 Å². The van der Waals surface area contributed by atoms with Gasteiger partial charge in [-0.25, -0.2) is 5.43 Å². The minimum Gasteiger partial charge on any atom is -0.422 e. The van der Waals surface area contributed by atoms with Crippen molar-refractivity contribution >= 4 is 17.0 Å². The van der Waals surface area contributed by atoms with Crippen LogP contribution in [0.15, 0.2) is 33.8 Å². The third kappa shape index (κ3) is 1.76. The fraction of sp³-hybridized carbons (Fsp3) is 0.200. The number of fused-ring (bicyclic) bond motifs is 1. The smallest absolute Gasteiger partial charge is 0.319 e. The van der Waals surface area contributed by atoms with Crippen molar-refractivity contribution in [2.24, 2.45) is 12.1 Å². The molecular weight excluding hydrogens is 194 g/mol. The average Bonchev–Trinajstić information content (AvgIpc) is 2.54. The molecule has 0 bridgehead atoms. The highest BCUT2D eigenvalue weighted by molar-refractivity contribution is 5.73. The molecule has 0 aliphatic carbocycles. The zero-order valence-corrected chi connectivity index (χ0v) is 8.52. The Hall–Kier alpha value is -2.04. The van der Waals surface area contributed by atoms with E-state index in [9.17, 15) is 4.79 Å². The lowest BCUT2D eigenvalue weighted by Gasteiger charge is -1.91. The molecule has 0 spiro atoms. The fourth-order valence-electron chi connectivity index (χ4n) is 1.31. The summed E-state index contributed by atoms with van der Waals surface area (Å²) in [6.45, 7) is 1.39. The lowest BCUT2D eigenvalue weighted by Crippen LogP contribution is -2.21. The van der Waals surface area contributed by atoms with Gasteiger partial charge in [0.25, 0.3) is 0 Å². The predicted molar refractivity (Wildman–Crippen MR) is 54.6 cm³/mol. The highest BCUT2D eigenvalue weighted by atomic mass is 16.4. The van der Waals surface area contributed by atoms with Crippen LogP contribution < -0.4 is 11.1 Å². The number of carbonyl (C=O) groups is 1. The first kappa shape index (κ1) is 9.51. The van der Waals surface area contributed by atoms with Crippen LogP contribution in [0.5, 0.6) is 0 Å². The van der Waals surface area contributed by atoms with E-state index in [4.69, 9.17) is 4.42 Å². The molecule has 15 heavy (non-hydrogen) atoms. The van der Waals surface area contributed by atoms with Gasteiger partial charge in [-0.1, -0.05) is 12.1 Å². The lowest BCUT2D eigenvalue weighted by atomic mass is 10.3. The molecule has 2 aromatic rings. The maximum absolute atomic E-state index is 10.7. The maximum atomic E-state index is 10.7. The van der Waals surface area contributed by atoms with Crippen molar-refractivity contribution in [3.8, 4) is 0 Å². The predicted octanol–water partition coefficient (Wildman–Crippen LogP) is 0.723. The van der Waals surface area contributed by atoms with Crippen LogP contribution in [-0.4, -0.2) is 10.5 Å². The Morgan fingerprint density at radius 2 is 2.20 bits per heavy atom. The van der Waals surface area contributed by atoms with Crippen molar-refractivity contribution in [1.82, 2.24) is 9.99 Å². The van der Waals surface area contributed by atoms with Crippen LogP contribution in [0, 0.1) is 0 Å². The Labute approximate surface area is 86.0 Å². The summed E-state index contributed by atoms with van der Waals surface area (Å²) in [6, 6.07) is 7.57. The molecule has 1 amide bonds. The number of hydrogen-bond acceptors (Lipinski definition) is 3. The molecule has 1 aromatic carbocycles. The minimum atomic E-state index is -0.226. The first-order valence-electron chi connectivity index (χ1n) is 4.53. The molecule has 0 saturated carbocycles. The number of nitrogens with one attached hydrogen (secondary N) is 1. The summed E-state index contributed by atoms with van der Waals surface area (Å²) >= 11 is 0. The standard InChI is InChI=1S/C10H11N3O2/c1-7(14)11-12-10-13(2)8-5-3-4-6-9(8)15-10/h3-6H,1-2H3,(H,11,14). The van der Waals surface area contributed by atoms with Gasteiger partial charge in [-0.15, -0.1) is 5.10 Å². The Kier molecular flexibility index (Phi) is 2.29. The van der Waals surface area contributed by atoms with E-state index < -0.39 is 0 Å². The molecule has 0 aliphatic rings. The molecule has 1 N–H and O–H groups in total. The molecule has 1 heterocycles. The second kappa shape index (κ2) is 3.61. The van der Waals surface area contributed by atoms with Gasteiger partial charge in [0.05, 0.1) is 5.52 Å². The molecule has 2 rings (SSSR count). The number of aromatic nitrogens is 1. The average molecular weight is 205 g/mol. The summed E-state index contributed by atoms with van der Waals surface area (Å²) in [6.07, 6.45) is 0. The molecule has 5 nitrogen and oxygen atoms in total. The first-order chi connectivity index (χ1) is 7.18. The number of hydrogen-bond donors (Lipinski definition) is 1. The second-order valence-corrected chi connectivity index (χ2v) is 3.19. The Balaban J connectivity index is 2.58. The quantitative estimate of drug-likeness (QED) is 0.697. The van der Waals surface area contributed by atoms with Crippen LogP contribution in [0.3, 0.4) is 0 Å². The minimum absolute atomic E-state index is 0.226.